The van der Waals surface area contributed by atoms with E-state index in [1.165, 1.54) is 19.3 Å². The van der Waals surface area contributed by atoms with E-state index in [1.54, 1.807) is 23.1 Å². The molecule has 2 aromatic carbocycles. The van der Waals surface area contributed by atoms with Crippen LogP contribution in [0, 0.1) is 0 Å². The topological polar surface area (TPSA) is 74.5 Å². The lowest BCUT2D eigenvalue weighted by Gasteiger charge is -2.30. The highest BCUT2D eigenvalue weighted by atomic mass is 127. The maximum absolute atomic E-state index is 12.3. The molecule has 7 nitrogen and oxygen atoms in total. The van der Waals surface area contributed by atoms with Gasteiger partial charge in [-0.2, -0.15) is 5.10 Å². The summed E-state index contributed by atoms with van der Waals surface area (Å²) in [4.78, 5) is 19.5. The van der Waals surface area contributed by atoms with Gasteiger partial charge in [0.05, 0.1) is 6.54 Å². The van der Waals surface area contributed by atoms with Gasteiger partial charge in [-0.05, 0) is 55.2 Å². The van der Waals surface area contributed by atoms with E-state index in [0.717, 1.165) is 36.0 Å². The monoisotopic (exact) mass is 544 g/mol. The second kappa shape index (κ2) is 12.2. The molecule has 4 rings (SSSR count). The molecular formula is C24H29IN6O. The van der Waals surface area contributed by atoms with Gasteiger partial charge in [0, 0.05) is 36.9 Å². The van der Waals surface area contributed by atoms with Gasteiger partial charge in [-0.1, -0.05) is 30.3 Å². The molecule has 1 aliphatic rings. The Morgan fingerprint density at radius 2 is 1.72 bits per heavy atom. The van der Waals surface area contributed by atoms with Crippen molar-refractivity contribution in [3.05, 3.63) is 78.6 Å². The summed E-state index contributed by atoms with van der Waals surface area (Å²) in [6.07, 6.45) is 7.08. The van der Waals surface area contributed by atoms with Crippen LogP contribution in [0.4, 0.5) is 11.4 Å². The number of hydrogen-bond donors (Lipinski definition) is 2. The molecule has 168 valence electrons. The van der Waals surface area contributed by atoms with Gasteiger partial charge in [-0.25, -0.2) is 4.99 Å². The Balaban J connectivity index is 0.00000289. The normalized spacial score (nSPS) is 13.9. The third-order valence-corrected chi connectivity index (χ3v) is 5.17. The molecule has 32 heavy (non-hydrogen) atoms. The maximum Gasteiger partial charge on any atom is 0.246 e. The minimum absolute atomic E-state index is 0. The average molecular weight is 544 g/mol. The van der Waals surface area contributed by atoms with Crippen molar-refractivity contribution in [3.63, 3.8) is 0 Å². The lowest BCUT2D eigenvalue weighted by atomic mass is 10.1. The molecule has 0 spiro atoms. The molecule has 0 aliphatic carbocycles. The summed E-state index contributed by atoms with van der Waals surface area (Å²) in [5, 5.41) is 10.5. The van der Waals surface area contributed by atoms with E-state index in [-0.39, 0.29) is 36.4 Å². The van der Waals surface area contributed by atoms with Crippen molar-refractivity contribution in [1.82, 2.24) is 14.7 Å². The summed E-state index contributed by atoms with van der Waals surface area (Å²) in [7, 11) is 0. The number of carbonyl (C=O) groups excluding carboxylic acids is 1. The molecule has 0 atom stereocenters. The molecular weight excluding hydrogens is 515 g/mol. The third kappa shape index (κ3) is 7.08. The summed E-state index contributed by atoms with van der Waals surface area (Å²) in [5.41, 5.74) is 2.84. The van der Waals surface area contributed by atoms with Crippen molar-refractivity contribution < 1.29 is 4.79 Å². The van der Waals surface area contributed by atoms with Crippen molar-refractivity contribution in [2.24, 2.45) is 4.99 Å². The first-order valence-electron chi connectivity index (χ1n) is 10.7. The number of nitrogens with one attached hydrogen (secondary N) is 2. The molecule has 1 saturated heterocycles. The molecule has 1 fully saturated rings. The van der Waals surface area contributed by atoms with Gasteiger partial charge in [-0.3, -0.25) is 9.48 Å². The number of carbonyl (C=O) groups is 1. The summed E-state index contributed by atoms with van der Waals surface area (Å²) in [5.74, 6) is 0.795. The fourth-order valence-electron chi connectivity index (χ4n) is 3.63. The number of piperidine rings is 1. The summed E-state index contributed by atoms with van der Waals surface area (Å²) in [6.45, 7) is 2.76. The van der Waals surface area contributed by atoms with E-state index in [4.69, 9.17) is 4.99 Å². The zero-order valence-electron chi connectivity index (χ0n) is 18.0. The minimum Gasteiger partial charge on any atom is -0.343 e. The van der Waals surface area contributed by atoms with E-state index in [0.29, 0.717) is 6.54 Å². The number of likely N-dealkylation sites (tertiary alicyclic amines) is 1. The molecule has 3 aromatic rings. The average Bonchev–Trinajstić information content (AvgIpc) is 3.31. The second-order valence-corrected chi connectivity index (χ2v) is 7.63. The smallest absolute Gasteiger partial charge is 0.246 e. The number of halogens is 1. The fraction of sp³-hybridized carbons (Fsp3) is 0.292. The van der Waals surface area contributed by atoms with E-state index in [9.17, 15) is 4.79 Å². The second-order valence-electron chi connectivity index (χ2n) is 7.63. The Morgan fingerprint density at radius 3 is 2.47 bits per heavy atom. The number of hydrogen-bond acceptors (Lipinski definition) is 3. The Bertz CT molecular complexity index is 1000. The van der Waals surface area contributed by atoms with Gasteiger partial charge in [0.2, 0.25) is 5.91 Å². The van der Waals surface area contributed by atoms with Crippen LogP contribution < -0.4 is 10.6 Å². The van der Waals surface area contributed by atoms with Crippen LogP contribution in [0.25, 0.3) is 0 Å². The molecule has 1 amide bonds. The van der Waals surface area contributed by atoms with Crippen LogP contribution in [0.2, 0.25) is 0 Å². The quantitative estimate of drug-likeness (QED) is 0.271. The molecule has 2 N–H and O–H groups in total. The van der Waals surface area contributed by atoms with Crippen LogP contribution in [-0.4, -0.2) is 39.6 Å². The van der Waals surface area contributed by atoms with Crippen molar-refractivity contribution in [2.45, 2.75) is 32.4 Å². The number of aliphatic imine (C=N–C) groups is 1. The lowest BCUT2D eigenvalue weighted by Crippen LogP contribution is -2.40. The van der Waals surface area contributed by atoms with E-state index >= 15 is 0 Å². The zero-order valence-corrected chi connectivity index (χ0v) is 20.3. The largest absolute Gasteiger partial charge is 0.343 e. The summed E-state index contributed by atoms with van der Waals surface area (Å²) >= 11 is 0. The Hall–Kier alpha value is -2.88. The molecule has 0 bridgehead atoms. The van der Waals surface area contributed by atoms with Gasteiger partial charge in [0.15, 0.2) is 5.96 Å². The van der Waals surface area contributed by atoms with Crippen LogP contribution in [0.15, 0.2) is 78.0 Å². The van der Waals surface area contributed by atoms with E-state index in [2.05, 4.69) is 32.8 Å². The van der Waals surface area contributed by atoms with Crippen molar-refractivity contribution in [1.29, 1.82) is 0 Å². The van der Waals surface area contributed by atoms with Crippen LogP contribution in [-0.2, 0) is 17.9 Å². The Morgan fingerprint density at radius 1 is 0.938 bits per heavy atom. The number of aromatic nitrogens is 2. The summed E-state index contributed by atoms with van der Waals surface area (Å²) in [6, 6.07) is 19.8. The first-order valence-corrected chi connectivity index (χ1v) is 10.7. The molecule has 0 unspecified atom stereocenters. The highest BCUT2D eigenvalue weighted by Gasteiger charge is 2.15. The lowest BCUT2D eigenvalue weighted by molar-refractivity contribution is -0.116. The molecule has 2 heterocycles. The number of rotatable bonds is 6. The van der Waals surface area contributed by atoms with Gasteiger partial charge in [-0.15, -0.1) is 24.0 Å². The predicted octanol–water partition coefficient (Wildman–Crippen LogP) is 4.59. The predicted molar refractivity (Wildman–Crippen MR) is 139 cm³/mol. The molecule has 1 aromatic heterocycles. The Kier molecular flexibility index (Phi) is 9.09. The van der Waals surface area contributed by atoms with Gasteiger partial charge < -0.3 is 15.5 Å². The number of benzene rings is 2. The first-order chi connectivity index (χ1) is 15.3. The zero-order chi connectivity index (χ0) is 21.3. The fourth-order valence-corrected chi connectivity index (χ4v) is 3.63. The van der Waals surface area contributed by atoms with Gasteiger partial charge in [0.1, 0.15) is 6.54 Å². The van der Waals surface area contributed by atoms with Gasteiger partial charge >= 0.3 is 0 Å². The highest BCUT2D eigenvalue weighted by Crippen LogP contribution is 2.15. The SMILES string of the molecule is I.O=C(Cn1cccn1)Nc1cccc(CN=C(Nc2ccccc2)N2CCCCC2)c1. The van der Waals surface area contributed by atoms with Crippen LogP contribution >= 0.6 is 24.0 Å². The van der Waals surface area contributed by atoms with Crippen molar-refractivity contribution in [2.75, 3.05) is 23.7 Å². The number of anilines is 2. The van der Waals surface area contributed by atoms with Crippen LogP contribution in [0.3, 0.4) is 0 Å². The standard InChI is InChI=1S/C24H28N6O.HI/c31-23(19-30-16-8-13-26-30)27-22-12-7-9-20(17-22)18-25-24(29-14-5-2-6-15-29)28-21-10-3-1-4-11-21;/h1,3-4,7-13,16-17H,2,5-6,14-15,18-19H2,(H,25,28)(H,27,31);1H. The minimum atomic E-state index is -0.107. The number of para-hydroxylation sites is 1. The molecule has 8 heteroatoms. The van der Waals surface area contributed by atoms with E-state index < -0.39 is 0 Å². The first kappa shape index (κ1) is 23.8. The molecule has 0 radical (unpaired) electrons. The Labute approximate surface area is 205 Å². The van der Waals surface area contributed by atoms with Crippen LogP contribution in [0.5, 0.6) is 0 Å². The summed E-state index contributed by atoms with van der Waals surface area (Å²) < 4.78 is 1.60. The number of guanidine groups is 1. The maximum atomic E-state index is 12.3. The number of nitrogens with zero attached hydrogens (tertiary/aromatic N) is 4. The van der Waals surface area contributed by atoms with Gasteiger partial charge in [0.25, 0.3) is 0 Å². The third-order valence-electron chi connectivity index (χ3n) is 5.17. The molecule has 1 aliphatic heterocycles. The molecule has 0 saturated carbocycles. The number of amides is 1. The van der Waals surface area contributed by atoms with E-state index in [1.807, 2.05) is 42.5 Å². The highest BCUT2D eigenvalue weighted by molar-refractivity contribution is 14.0. The van der Waals surface area contributed by atoms with Crippen molar-refractivity contribution in [3.8, 4) is 0 Å². The van der Waals surface area contributed by atoms with Crippen molar-refractivity contribution >= 4 is 47.2 Å². The van der Waals surface area contributed by atoms with Crippen LogP contribution in [0.1, 0.15) is 24.8 Å².